The molecule has 1 aliphatic heterocycles. The van der Waals surface area contributed by atoms with Crippen molar-refractivity contribution >= 4 is 0 Å². The molecule has 2 aromatic carbocycles. The number of benzene rings is 2. The molecule has 6 nitrogen and oxygen atoms in total. The summed E-state index contributed by atoms with van der Waals surface area (Å²) in [6.07, 6.45) is 0.740. The maximum absolute atomic E-state index is 12.8. The fourth-order valence-corrected chi connectivity index (χ4v) is 3.97. The summed E-state index contributed by atoms with van der Waals surface area (Å²) >= 11 is 0. The van der Waals surface area contributed by atoms with Crippen LogP contribution in [0.3, 0.4) is 0 Å². The van der Waals surface area contributed by atoms with Crippen molar-refractivity contribution in [3.8, 4) is 22.6 Å². The molecule has 0 atom stereocenters. The number of fused-ring (bicyclic) bond motifs is 1. The number of hydrogen-bond donors (Lipinski definition) is 1. The molecule has 0 spiro atoms. The molecule has 1 aliphatic rings. The van der Waals surface area contributed by atoms with E-state index < -0.39 is 0 Å². The number of nitrogens with one attached hydrogen (secondary N) is 1. The van der Waals surface area contributed by atoms with Gasteiger partial charge in [-0.15, -0.1) is 0 Å². The van der Waals surface area contributed by atoms with Gasteiger partial charge in [-0.05, 0) is 6.92 Å². The highest BCUT2D eigenvalue weighted by molar-refractivity contribution is 5.63. The molecule has 5 rings (SSSR count). The first-order valence-corrected chi connectivity index (χ1v) is 10.1. The van der Waals surface area contributed by atoms with Gasteiger partial charge in [0.25, 0.3) is 5.56 Å². The Bertz CT molecular complexity index is 1230. The second-order valence-electron chi connectivity index (χ2n) is 7.60. The Hall–Kier alpha value is -3.51. The Morgan fingerprint density at radius 3 is 2.47 bits per heavy atom. The average Bonchev–Trinajstić information content (AvgIpc) is 3.15. The third-order valence-electron chi connectivity index (χ3n) is 5.61. The number of H-pyrrole nitrogens is 1. The molecular weight excluding hydrogens is 376 g/mol. The Morgan fingerprint density at radius 1 is 1.03 bits per heavy atom. The van der Waals surface area contributed by atoms with Crippen molar-refractivity contribution in [2.45, 2.75) is 26.4 Å². The molecule has 0 saturated heterocycles. The van der Waals surface area contributed by atoms with E-state index in [-0.39, 0.29) is 5.56 Å². The third kappa shape index (κ3) is 3.46. The zero-order chi connectivity index (χ0) is 20.5. The van der Waals surface area contributed by atoms with Gasteiger partial charge in [0.05, 0.1) is 11.3 Å². The highest BCUT2D eigenvalue weighted by Gasteiger charge is 2.24. The van der Waals surface area contributed by atoms with E-state index in [1.165, 1.54) is 0 Å². The quantitative estimate of drug-likeness (QED) is 0.563. The van der Waals surface area contributed by atoms with E-state index in [1.54, 1.807) is 0 Å². The monoisotopic (exact) mass is 398 g/mol. The van der Waals surface area contributed by atoms with Gasteiger partial charge >= 0.3 is 0 Å². The Balaban J connectivity index is 1.41. The second-order valence-corrected chi connectivity index (χ2v) is 7.60. The van der Waals surface area contributed by atoms with Gasteiger partial charge in [0.1, 0.15) is 17.3 Å². The number of aryl methyl sites for hydroxylation is 1. The van der Waals surface area contributed by atoms with Gasteiger partial charge in [0.2, 0.25) is 0 Å². The zero-order valence-electron chi connectivity index (χ0n) is 16.8. The van der Waals surface area contributed by atoms with Crippen molar-refractivity contribution in [3.05, 3.63) is 93.6 Å². The predicted octanol–water partition coefficient (Wildman–Crippen LogP) is 3.96. The van der Waals surface area contributed by atoms with E-state index in [4.69, 9.17) is 9.51 Å². The molecule has 0 aliphatic carbocycles. The second kappa shape index (κ2) is 7.72. The molecule has 0 bridgehead atoms. The highest BCUT2D eigenvalue weighted by atomic mass is 16.5. The van der Waals surface area contributed by atoms with Crippen molar-refractivity contribution in [3.63, 3.8) is 0 Å². The molecule has 6 heteroatoms. The van der Waals surface area contributed by atoms with Crippen LogP contribution in [0.25, 0.3) is 22.6 Å². The van der Waals surface area contributed by atoms with Gasteiger partial charge in [-0.3, -0.25) is 9.69 Å². The minimum absolute atomic E-state index is 0.0612. The normalized spacial score (nSPS) is 13.9. The van der Waals surface area contributed by atoms with E-state index in [0.29, 0.717) is 18.9 Å². The van der Waals surface area contributed by atoms with E-state index >= 15 is 0 Å². The van der Waals surface area contributed by atoms with E-state index in [9.17, 15) is 4.79 Å². The molecular formula is C24H22N4O2. The van der Waals surface area contributed by atoms with Crippen molar-refractivity contribution in [1.29, 1.82) is 0 Å². The van der Waals surface area contributed by atoms with Gasteiger partial charge in [-0.2, -0.15) is 0 Å². The summed E-state index contributed by atoms with van der Waals surface area (Å²) in [4.78, 5) is 22.8. The summed E-state index contributed by atoms with van der Waals surface area (Å²) in [5.41, 5.74) is 5.46. The van der Waals surface area contributed by atoms with Gasteiger partial charge < -0.3 is 9.51 Å². The van der Waals surface area contributed by atoms with Crippen molar-refractivity contribution in [1.82, 2.24) is 20.0 Å². The standard InChI is InChI=1S/C24H22N4O2/c1-16-19(22(27-30-16)17-8-4-2-5-9-17)14-28-13-12-21-20(15-28)24(29)26-23(25-21)18-10-6-3-7-11-18/h2-11H,12-15H2,1H3,(H,25,26,29). The molecule has 30 heavy (non-hydrogen) atoms. The number of nitrogens with zero attached hydrogens (tertiary/aromatic N) is 3. The smallest absolute Gasteiger partial charge is 0.255 e. The van der Waals surface area contributed by atoms with Gasteiger partial charge in [0.15, 0.2) is 0 Å². The van der Waals surface area contributed by atoms with Crippen LogP contribution in [0.15, 0.2) is 70.0 Å². The van der Waals surface area contributed by atoms with E-state index in [1.807, 2.05) is 67.6 Å². The molecule has 3 heterocycles. The number of aromatic amines is 1. The maximum Gasteiger partial charge on any atom is 0.255 e. The lowest BCUT2D eigenvalue weighted by atomic mass is 10.0. The van der Waals surface area contributed by atoms with Crippen LogP contribution in [-0.4, -0.2) is 26.6 Å². The molecule has 2 aromatic heterocycles. The molecule has 4 aromatic rings. The molecule has 1 N–H and O–H groups in total. The largest absolute Gasteiger partial charge is 0.361 e. The number of rotatable bonds is 4. The van der Waals surface area contributed by atoms with Crippen LogP contribution in [0.4, 0.5) is 0 Å². The van der Waals surface area contributed by atoms with Crippen LogP contribution in [0, 0.1) is 6.92 Å². The minimum Gasteiger partial charge on any atom is -0.361 e. The van der Waals surface area contributed by atoms with Gasteiger partial charge in [-0.1, -0.05) is 65.8 Å². The molecule has 0 fully saturated rings. The molecule has 0 saturated carbocycles. The molecule has 150 valence electrons. The van der Waals surface area contributed by atoms with Crippen LogP contribution in [0.1, 0.15) is 22.6 Å². The predicted molar refractivity (Wildman–Crippen MR) is 115 cm³/mol. The third-order valence-corrected chi connectivity index (χ3v) is 5.61. The Kier molecular flexibility index (Phi) is 4.77. The highest BCUT2D eigenvalue weighted by Crippen LogP contribution is 2.28. The SMILES string of the molecule is Cc1onc(-c2ccccc2)c1CN1CCc2nc(-c3ccccc3)[nH]c(=O)c2C1. The lowest BCUT2D eigenvalue weighted by Gasteiger charge is -2.27. The van der Waals surface area contributed by atoms with E-state index in [2.05, 4.69) is 15.0 Å². The topological polar surface area (TPSA) is 75.0 Å². The van der Waals surface area contributed by atoms with Crippen LogP contribution < -0.4 is 5.56 Å². The molecule has 0 radical (unpaired) electrons. The first-order chi connectivity index (χ1) is 14.7. The van der Waals surface area contributed by atoms with Gasteiger partial charge in [-0.25, -0.2) is 4.98 Å². The van der Waals surface area contributed by atoms with Crippen LogP contribution in [-0.2, 0) is 19.5 Å². The first kappa shape index (κ1) is 18.5. The van der Waals surface area contributed by atoms with Crippen molar-refractivity contribution in [2.24, 2.45) is 0 Å². The summed E-state index contributed by atoms with van der Waals surface area (Å²) in [7, 11) is 0. The fraction of sp³-hybridized carbons (Fsp3) is 0.208. The molecule has 0 unspecified atom stereocenters. The minimum atomic E-state index is -0.0612. The number of aromatic nitrogens is 3. The lowest BCUT2D eigenvalue weighted by Crippen LogP contribution is -2.35. The Morgan fingerprint density at radius 2 is 1.73 bits per heavy atom. The zero-order valence-corrected chi connectivity index (χ0v) is 16.8. The van der Waals surface area contributed by atoms with Crippen LogP contribution in [0.5, 0.6) is 0 Å². The summed E-state index contributed by atoms with van der Waals surface area (Å²) in [5, 5.41) is 4.28. The summed E-state index contributed by atoms with van der Waals surface area (Å²) in [6.45, 7) is 4.01. The summed E-state index contributed by atoms with van der Waals surface area (Å²) < 4.78 is 5.49. The average molecular weight is 398 g/mol. The maximum atomic E-state index is 12.8. The Labute approximate surface area is 174 Å². The number of hydrogen-bond acceptors (Lipinski definition) is 5. The lowest BCUT2D eigenvalue weighted by molar-refractivity contribution is 0.240. The van der Waals surface area contributed by atoms with Crippen molar-refractivity contribution in [2.75, 3.05) is 6.54 Å². The van der Waals surface area contributed by atoms with E-state index in [0.717, 1.165) is 52.4 Å². The fourth-order valence-electron chi connectivity index (χ4n) is 3.97. The first-order valence-electron chi connectivity index (χ1n) is 10.1. The van der Waals surface area contributed by atoms with Crippen LogP contribution >= 0.6 is 0 Å². The van der Waals surface area contributed by atoms with Gasteiger partial charge in [0, 0.05) is 42.7 Å². The van der Waals surface area contributed by atoms with Crippen LogP contribution in [0.2, 0.25) is 0 Å². The summed E-state index contributed by atoms with van der Waals surface area (Å²) in [6, 6.07) is 19.8. The van der Waals surface area contributed by atoms with Crippen molar-refractivity contribution < 1.29 is 4.52 Å². The summed E-state index contributed by atoms with van der Waals surface area (Å²) in [5.74, 6) is 1.44. The molecule has 0 amide bonds.